The zero-order valence-corrected chi connectivity index (χ0v) is 8.43. The Bertz CT molecular complexity index is 284. The summed E-state index contributed by atoms with van der Waals surface area (Å²) in [6, 6.07) is 1.80. The van der Waals surface area contributed by atoms with E-state index >= 15 is 0 Å². The average molecular weight is 251 g/mol. The van der Waals surface area contributed by atoms with Gasteiger partial charge in [0.25, 0.3) is 0 Å². The molecule has 3 nitrogen and oxygen atoms in total. The van der Waals surface area contributed by atoms with Crippen LogP contribution < -0.4 is 0 Å². The van der Waals surface area contributed by atoms with E-state index in [4.69, 9.17) is 10.2 Å². The van der Waals surface area contributed by atoms with E-state index in [1.54, 1.807) is 6.07 Å². The minimum atomic E-state index is -1.30. The van der Waals surface area contributed by atoms with Crippen molar-refractivity contribution in [2.24, 2.45) is 0 Å². The van der Waals surface area contributed by atoms with Crippen molar-refractivity contribution in [2.75, 3.05) is 0 Å². The van der Waals surface area contributed by atoms with Gasteiger partial charge in [0.15, 0.2) is 6.10 Å². The number of hydrogen-bond acceptors (Lipinski definition) is 3. The second-order valence-electron chi connectivity index (χ2n) is 2.32. The van der Waals surface area contributed by atoms with Gasteiger partial charge in [0.2, 0.25) is 0 Å². The van der Waals surface area contributed by atoms with E-state index in [1.165, 1.54) is 11.3 Å². The number of hydrogen-bond donors (Lipinski definition) is 2. The van der Waals surface area contributed by atoms with Gasteiger partial charge in [-0.15, -0.1) is 11.3 Å². The summed E-state index contributed by atoms with van der Waals surface area (Å²) in [5.74, 6) is -1.18. The molecule has 1 unspecified atom stereocenters. The minimum Gasteiger partial charge on any atom is -0.479 e. The number of aliphatic carboxylic acids is 1. The Morgan fingerprint density at radius 3 is 2.83 bits per heavy atom. The summed E-state index contributed by atoms with van der Waals surface area (Å²) in [4.78, 5) is 10.3. The second-order valence-corrected chi connectivity index (χ2v) is 4.61. The van der Waals surface area contributed by atoms with Crippen molar-refractivity contribution in [1.29, 1.82) is 0 Å². The number of carboxylic acid groups (broad SMARTS) is 1. The first kappa shape index (κ1) is 9.70. The molecular weight excluding hydrogens is 244 g/mol. The molecule has 0 saturated carbocycles. The van der Waals surface area contributed by atoms with Crippen LogP contribution in [-0.4, -0.2) is 22.3 Å². The quantitative estimate of drug-likeness (QED) is 0.855. The third-order valence-electron chi connectivity index (χ3n) is 1.34. The van der Waals surface area contributed by atoms with Crippen LogP contribution in [-0.2, 0) is 11.2 Å². The monoisotopic (exact) mass is 250 g/mol. The Kier molecular flexibility index (Phi) is 3.25. The molecule has 2 N–H and O–H groups in total. The van der Waals surface area contributed by atoms with Crippen LogP contribution in [0.15, 0.2) is 15.2 Å². The van der Waals surface area contributed by atoms with Crippen LogP contribution in [0.3, 0.4) is 0 Å². The fourth-order valence-electron chi connectivity index (χ4n) is 0.763. The molecule has 0 radical (unpaired) electrons. The largest absolute Gasteiger partial charge is 0.479 e. The summed E-state index contributed by atoms with van der Waals surface area (Å²) in [6.45, 7) is 0. The highest BCUT2D eigenvalue weighted by atomic mass is 79.9. The molecule has 0 aliphatic carbocycles. The van der Waals surface area contributed by atoms with E-state index in [0.717, 1.165) is 9.35 Å². The summed E-state index contributed by atoms with van der Waals surface area (Å²) in [7, 11) is 0. The van der Waals surface area contributed by atoms with Crippen LogP contribution in [0, 0.1) is 0 Å². The smallest absolute Gasteiger partial charge is 0.332 e. The summed E-state index contributed by atoms with van der Waals surface area (Å²) < 4.78 is 0.940. The van der Waals surface area contributed by atoms with Gasteiger partial charge in [-0.1, -0.05) is 0 Å². The molecule has 5 heteroatoms. The molecule has 1 aromatic rings. The van der Waals surface area contributed by atoms with E-state index in [2.05, 4.69) is 15.9 Å². The first-order chi connectivity index (χ1) is 5.59. The summed E-state index contributed by atoms with van der Waals surface area (Å²) in [5.41, 5.74) is 0.835. The predicted molar refractivity (Wildman–Crippen MR) is 49.4 cm³/mol. The molecule has 0 bridgehead atoms. The van der Waals surface area contributed by atoms with Gasteiger partial charge in [-0.2, -0.15) is 0 Å². The van der Waals surface area contributed by atoms with E-state index in [1.807, 2.05) is 5.38 Å². The maximum absolute atomic E-state index is 10.3. The Morgan fingerprint density at radius 2 is 2.42 bits per heavy atom. The van der Waals surface area contributed by atoms with E-state index in [9.17, 15) is 4.79 Å². The van der Waals surface area contributed by atoms with Gasteiger partial charge in [0.1, 0.15) is 0 Å². The first-order valence-electron chi connectivity index (χ1n) is 3.23. The highest BCUT2D eigenvalue weighted by molar-refractivity contribution is 9.11. The fourth-order valence-corrected chi connectivity index (χ4v) is 1.99. The van der Waals surface area contributed by atoms with Crippen molar-refractivity contribution >= 4 is 33.2 Å². The molecule has 0 fully saturated rings. The average Bonchev–Trinajstić information content (AvgIpc) is 2.35. The number of halogens is 1. The zero-order chi connectivity index (χ0) is 9.14. The first-order valence-corrected chi connectivity index (χ1v) is 4.90. The summed E-state index contributed by atoms with van der Waals surface area (Å²) >= 11 is 4.72. The van der Waals surface area contributed by atoms with Gasteiger partial charge < -0.3 is 10.2 Å². The number of carbonyl (C=O) groups is 1. The Labute approximate surface area is 81.8 Å². The van der Waals surface area contributed by atoms with E-state index < -0.39 is 12.1 Å². The van der Waals surface area contributed by atoms with Gasteiger partial charge in [0, 0.05) is 6.42 Å². The SMILES string of the molecule is O=C(O)C(O)Cc1csc(Br)c1. The van der Waals surface area contributed by atoms with Crippen molar-refractivity contribution < 1.29 is 15.0 Å². The molecule has 1 heterocycles. The van der Waals surface area contributed by atoms with Gasteiger partial charge in [0.05, 0.1) is 3.79 Å². The zero-order valence-electron chi connectivity index (χ0n) is 6.03. The van der Waals surface area contributed by atoms with Crippen molar-refractivity contribution in [1.82, 2.24) is 0 Å². The van der Waals surface area contributed by atoms with Crippen LogP contribution in [0.2, 0.25) is 0 Å². The molecule has 66 valence electrons. The number of aliphatic hydroxyl groups excluding tert-OH is 1. The molecule has 12 heavy (non-hydrogen) atoms. The van der Waals surface area contributed by atoms with Crippen LogP contribution in [0.4, 0.5) is 0 Å². The Hall–Kier alpha value is -0.390. The normalized spacial score (nSPS) is 12.8. The molecule has 0 amide bonds. The maximum atomic E-state index is 10.3. The van der Waals surface area contributed by atoms with Crippen molar-refractivity contribution in [3.63, 3.8) is 0 Å². The van der Waals surface area contributed by atoms with Gasteiger partial charge >= 0.3 is 5.97 Å². The lowest BCUT2D eigenvalue weighted by molar-refractivity contribution is -0.146. The lowest BCUT2D eigenvalue weighted by Crippen LogP contribution is -2.21. The van der Waals surface area contributed by atoms with Crippen LogP contribution in [0.25, 0.3) is 0 Å². The second kappa shape index (κ2) is 4.02. The van der Waals surface area contributed by atoms with Crippen molar-refractivity contribution in [3.8, 4) is 0 Å². The molecule has 0 aliphatic rings. The Balaban J connectivity index is 2.58. The van der Waals surface area contributed by atoms with Gasteiger partial charge in [-0.25, -0.2) is 4.79 Å². The Morgan fingerprint density at radius 1 is 1.75 bits per heavy atom. The third kappa shape index (κ3) is 2.58. The van der Waals surface area contributed by atoms with Gasteiger partial charge in [-0.05, 0) is 32.9 Å². The van der Waals surface area contributed by atoms with Crippen LogP contribution >= 0.6 is 27.3 Å². The number of rotatable bonds is 3. The molecule has 1 atom stereocenters. The number of carboxylic acids is 1. The lowest BCUT2D eigenvalue weighted by atomic mass is 10.1. The maximum Gasteiger partial charge on any atom is 0.332 e. The molecule has 0 aliphatic heterocycles. The lowest BCUT2D eigenvalue weighted by Gasteiger charge is -2.01. The fraction of sp³-hybridized carbons (Fsp3) is 0.286. The highest BCUT2D eigenvalue weighted by Crippen LogP contribution is 2.21. The van der Waals surface area contributed by atoms with E-state index in [0.29, 0.717) is 0 Å². The third-order valence-corrected chi connectivity index (χ3v) is 2.89. The predicted octanol–water partition coefficient (Wildman–Crippen LogP) is 1.50. The molecular formula is C7H7BrO3S. The van der Waals surface area contributed by atoms with Crippen molar-refractivity contribution in [2.45, 2.75) is 12.5 Å². The van der Waals surface area contributed by atoms with Crippen molar-refractivity contribution in [3.05, 3.63) is 20.8 Å². The highest BCUT2D eigenvalue weighted by Gasteiger charge is 2.13. The number of aliphatic hydroxyl groups is 1. The summed E-state index contributed by atoms with van der Waals surface area (Å²) in [6.07, 6.45) is -1.14. The van der Waals surface area contributed by atoms with Crippen LogP contribution in [0.5, 0.6) is 0 Å². The standard InChI is InChI=1S/C7H7BrO3S/c8-6-2-4(3-12-6)1-5(9)7(10)11/h2-3,5,9H,1H2,(H,10,11). The minimum absolute atomic E-state index is 0.164. The van der Waals surface area contributed by atoms with E-state index in [-0.39, 0.29) is 6.42 Å². The molecule has 0 spiro atoms. The molecule has 1 aromatic heterocycles. The summed E-state index contributed by atoms with van der Waals surface area (Å²) in [5, 5.41) is 19.2. The topological polar surface area (TPSA) is 57.5 Å². The molecule has 1 rings (SSSR count). The van der Waals surface area contributed by atoms with Gasteiger partial charge in [-0.3, -0.25) is 0 Å². The molecule has 0 saturated heterocycles. The molecule has 0 aromatic carbocycles. The number of thiophene rings is 1. The van der Waals surface area contributed by atoms with Crippen LogP contribution in [0.1, 0.15) is 5.56 Å².